The molecule has 0 saturated carbocycles. The molecule has 0 fully saturated rings. The number of alkyl halides is 3. The summed E-state index contributed by atoms with van der Waals surface area (Å²) in [5.74, 6) is -1.41. The number of nitrogens with zero attached hydrogens (tertiary/aromatic N) is 2. The van der Waals surface area contributed by atoms with E-state index < -0.39 is 23.7 Å². The highest BCUT2D eigenvalue weighted by atomic mass is 19.4. The lowest BCUT2D eigenvalue weighted by molar-refractivity contribution is -0.140. The maximum Gasteiger partial charge on any atom is 0.419 e. The van der Waals surface area contributed by atoms with Crippen molar-refractivity contribution in [1.82, 2.24) is 9.78 Å². The van der Waals surface area contributed by atoms with Crippen LogP contribution in [0, 0.1) is 12.7 Å². The molecule has 0 radical (unpaired) electrons. The molecule has 0 aliphatic carbocycles. The van der Waals surface area contributed by atoms with Gasteiger partial charge in [0.25, 0.3) is 0 Å². The van der Waals surface area contributed by atoms with Gasteiger partial charge in [-0.25, -0.2) is 4.39 Å². The van der Waals surface area contributed by atoms with Crippen molar-refractivity contribution in [3.8, 4) is 0 Å². The van der Waals surface area contributed by atoms with Gasteiger partial charge in [0, 0.05) is 7.05 Å². The summed E-state index contributed by atoms with van der Waals surface area (Å²) in [5, 5.41) is 14.1. The molecule has 1 aromatic carbocycles. The number of rotatable bonds is 2. The number of benzene rings is 1. The Labute approximate surface area is 112 Å². The van der Waals surface area contributed by atoms with Gasteiger partial charge in [-0.05, 0) is 30.7 Å². The quantitative estimate of drug-likeness (QED) is 0.863. The van der Waals surface area contributed by atoms with E-state index in [1.54, 1.807) is 20.0 Å². The predicted octanol–water partition coefficient (Wildman–Crippen LogP) is 2.97. The summed E-state index contributed by atoms with van der Waals surface area (Å²) in [7, 11) is 1.59. The molecule has 0 spiro atoms. The molecule has 2 rings (SSSR count). The highest BCUT2D eigenvalue weighted by Crippen LogP contribution is 2.33. The molecule has 0 saturated heterocycles. The Morgan fingerprint density at radius 1 is 1.25 bits per heavy atom. The second kappa shape index (κ2) is 4.90. The first kappa shape index (κ1) is 14.5. The zero-order chi connectivity index (χ0) is 15.1. The number of halogens is 4. The van der Waals surface area contributed by atoms with Crippen LogP contribution in [0.5, 0.6) is 0 Å². The lowest BCUT2D eigenvalue weighted by Gasteiger charge is -2.14. The van der Waals surface area contributed by atoms with E-state index in [4.69, 9.17) is 0 Å². The second-order valence-electron chi connectivity index (χ2n) is 4.47. The van der Waals surface area contributed by atoms with Gasteiger partial charge in [0.2, 0.25) is 0 Å². The SMILES string of the molecule is Cc1cc(C(O)c2ccc(C(F)(F)F)c(F)c2)n(C)n1. The molecule has 1 atom stereocenters. The van der Waals surface area contributed by atoms with E-state index in [2.05, 4.69) is 5.10 Å². The molecule has 0 bridgehead atoms. The number of hydrogen-bond acceptors (Lipinski definition) is 2. The molecule has 1 heterocycles. The Hall–Kier alpha value is -1.89. The number of hydrogen-bond donors (Lipinski definition) is 1. The molecular formula is C13H12F4N2O. The molecule has 1 aromatic heterocycles. The summed E-state index contributed by atoms with van der Waals surface area (Å²) in [6.45, 7) is 1.71. The van der Waals surface area contributed by atoms with Crippen molar-refractivity contribution in [1.29, 1.82) is 0 Å². The Kier molecular flexibility index (Phi) is 3.56. The zero-order valence-corrected chi connectivity index (χ0v) is 10.7. The van der Waals surface area contributed by atoms with Gasteiger partial charge in [-0.1, -0.05) is 6.07 Å². The van der Waals surface area contributed by atoms with Crippen LogP contribution < -0.4 is 0 Å². The van der Waals surface area contributed by atoms with E-state index >= 15 is 0 Å². The average molecular weight is 288 g/mol. The minimum absolute atomic E-state index is 0.0403. The van der Waals surface area contributed by atoms with Crippen LogP contribution in [0.1, 0.15) is 28.6 Å². The Morgan fingerprint density at radius 3 is 2.35 bits per heavy atom. The van der Waals surface area contributed by atoms with Gasteiger partial charge in [0.1, 0.15) is 11.9 Å². The second-order valence-corrected chi connectivity index (χ2v) is 4.47. The summed E-state index contributed by atoms with van der Waals surface area (Å²) in [4.78, 5) is 0. The van der Waals surface area contributed by atoms with Crippen molar-refractivity contribution in [3.63, 3.8) is 0 Å². The van der Waals surface area contributed by atoms with E-state index in [9.17, 15) is 22.7 Å². The van der Waals surface area contributed by atoms with E-state index in [0.717, 1.165) is 6.07 Å². The number of aliphatic hydroxyl groups excluding tert-OH is 1. The molecule has 0 aliphatic rings. The summed E-state index contributed by atoms with van der Waals surface area (Å²) in [5.41, 5.74) is -0.288. The van der Waals surface area contributed by atoms with Crippen LogP contribution in [0.4, 0.5) is 17.6 Å². The summed E-state index contributed by atoms with van der Waals surface area (Å²) < 4.78 is 52.2. The maximum atomic E-state index is 13.5. The van der Waals surface area contributed by atoms with Crippen molar-refractivity contribution in [3.05, 3.63) is 52.6 Å². The molecular weight excluding hydrogens is 276 g/mol. The maximum absolute atomic E-state index is 13.5. The fourth-order valence-electron chi connectivity index (χ4n) is 1.99. The van der Waals surface area contributed by atoms with E-state index in [0.29, 0.717) is 23.5 Å². The van der Waals surface area contributed by atoms with E-state index in [-0.39, 0.29) is 5.56 Å². The van der Waals surface area contributed by atoms with Crippen LogP contribution in [0.2, 0.25) is 0 Å². The molecule has 20 heavy (non-hydrogen) atoms. The first-order valence-corrected chi connectivity index (χ1v) is 5.75. The van der Waals surface area contributed by atoms with Gasteiger partial charge in [-0.2, -0.15) is 18.3 Å². The third-order valence-electron chi connectivity index (χ3n) is 2.93. The minimum Gasteiger partial charge on any atom is -0.382 e. The van der Waals surface area contributed by atoms with Crippen LogP contribution in [-0.2, 0) is 13.2 Å². The monoisotopic (exact) mass is 288 g/mol. The van der Waals surface area contributed by atoms with E-state index in [1.807, 2.05) is 0 Å². The smallest absolute Gasteiger partial charge is 0.382 e. The minimum atomic E-state index is -4.75. The van der Waals surface area contributed by atoms with Crippen LogP contribution in [-0.4, -0.2) is 14.9 Å². The summed E-state index contributed by atoms with van der Waals surface area (Å²) in [6.07, 6.45) is -5.99. The topological polar surface area (TPSA) is 38.0 Å². The van der Waals surface area contributed by atoms with Gasteiger partial charge < -0.3 is 5.11 Å². The van der Waals surface area contributed by atoms with Crippen molar-refractivity contribution < 1.29 is 22.7 Å². The number of aryl methyl sites for hydroxylation is 2. The van der Waals surface area contributed by atoms with Gasteiger partial charge in [0.15, 0.2) is 0 Å². The molecule has 0 amide bonds. The lowest BCUT2D eigenvalue weighted by atomic mass is 10.0. The number of aromatic nitrogens is 2. The summed E-state index contributed by atoms with van der Waals surface area (Å²) in [6, 6.07) is 3.95. The molecule has 3 nitrogen and oxygen atoms in total. The van der Waals surface area contributed by atoms with Crippen LogP contribution in [0.3, 0.4) is 0 Å². The third kappa shape index (κ3) is 2.67. The van der Waals surface area contributed by atoms with Crippen molar-refractivity contribution in [2.75, 3.05) is 0 Å². The zero-order valence-electron chi connectivity index (χ0n) is 10.7. The predicted molar refractivity (Wildman–Crippen MR) is 63.4 cm³/mol. The lowest BCUT2D eigenvalue weighted by Crippen LogP contribution is -2.11. The highest BCUT2D eigenvalue weighted by Gasteiger charge is 2.34. The first-order valence-electron chi connectivity index (χ1n) is 5.75. The van der Waals surface area contributed by atoms with Gasteiger partial charge in [0.05, 0.1) is 17.0 Å². The Bertz CT molecular complexity index is 634. The fraction of sp³-hybridized carbons (Fsp3) is 0.308. The highest BCUT2D eigenvalue weighted by molar-refractivity contribution is 5.32. The van der Waals surface area contributed by atoms with Crippen LogP contribution >= 0.6 is 0 Å². The molecule has 1 N–H and O–H groups in total. The molecule has 2 aromatic rings. The third-order valence-corrected chi connectivity index (χ3v) is 2.93. The van der Waals surface area contributed by atoms with Crippen LogP contribution in [0.25, 0.3) is 0 Å². The standard InChI is InChI=1S/C13H12F4N2O/c1-7-5-11(19(2)18-7)12(20)8-3-4-9(10(14)6-8)13(15,16)17/h3-6,12,20H,1-2H3. The summed E-state index contributed by atoms with van der Waals surface area (Å²) >= 11 is 0. The fourth-order valence-corrected chi connectivity index (χ4v) is 1.99. The Morgan fingerprint density at radius 2 is 1.90 bits per heavy atom. The van der Waals surface area contributed by atoms with E-state index in [1.165, 1.54) is 4.68 Å². The van der Waals surface area contributed by atoms with Crippen molar-refractivity contribution >= 4 is 0 Å². The van der Waals surface area contributed by atoms with Crippen molar-refractivity contribution in [2.24, 2.45) is 7.05 Å². The number of aliphatic hydroxyl groups is 1. The van der Waals surface area contributed by atoms with Gasteiger partial charge in [-0.15, -0.1) is 0 Å². The van der Waals surface area contributed by atoms with Crippen LogP contribution in [0.15, 0.2) is 24.3 Å². The molecule has 1 unspecified atom stereocenters. The normalized spacial score (nSPS) is 13.6. The van der Waals surface area contributed by atoms with Gasteiger partial charge >= 0.3 is 6.18 Å². The molecule has 108 valence electrons. The molecule has 7 heteroatoms. The average Bonchev–Trinajstić information content (AvgIpc) is 2.65. The van der Waals surface area contributed by atoms with Gasteiger partial charge in [-0.3, -0.25) is 4.68 Å². The Balaban J connectivity index is 2.39. The first-order chi connectivity index (χ1) is 9.20. The molecule has 0 aliphatic heterocycles. The largest absolute Gasteiger partial charge is 0.419 e. The van der Waals surface area contributed by atoms with Crippen molar-refractivity contribution in [2.45, 2.75) is 19.2 Å².